The van der Waals surface area contributed by atoms with Gasteiger partial charge in [-0.15, -0.1) is 0 Å². The van der Waals surface area contributed by atoms with E-state index in [1.165, 1.54) is 31.2 Å². The lowest BCUT2D eigenvalue weighted by molar-refractivity contribution is 0.612. The molecule has 1 heterocycles. The van der Waals surface area contributed by atoms with Crippen LogP contribution in [-0.2, 0) is 0 Å². The van der Waals surface area contributed by atoms with Crippen molar-refractivity contribution in [3.63, 3.8) is 0 Å². The zero-order valence-electron chi connectivity index (χ0n) is 10.0. The van der Waals surface area contributed by atoms with Crippen LogP contribution in [0.3, 0.4) is 0 Å². The maximum Gasteiger partial charge on any atom is 0.143 e. The third kappa shape index (κ3) is 2.40. The molecule has 1 saturated carbocycles. The molecule has 0 unspecified atom stereocenters. The Balaban J connectivity index is 2.25. The van der Waals surface area contributed by atoms with Crippen molar-refractivity contribution >= 4 is 21.7 Å². The molecular formula is C13H19BrN2. The molecule has 0 amide bonds. The molecule has 1 aliphatic rings. The van der Waals surface area contributed by atoms with Gasteiger partial charge in [0.05, 0.1) is 4.47 Å². The standard InChI is InChI=1S/C13H19BrN2/c1-3-16(11-6-4-5-7-11)13-12(14)8-10(2)9-15-13/h8-9,11H,3-7H2,1-2H3. The average molecular weight is 283 g/mol. The van der Waals surface area contributed by atoms with Gasteiger partial charge < -0.3 is 4.90 Å². The van der Waals surface area contributed by atoms with E-state index in [2.05, 4.69) is 45.7 Å². The molecule has 0 radical (unpaired) electrons. The molecule has 0 N–H and O–H groups in total. The summed E-state index contributed by atoms with van der Waals surface area (Å²) in [4.78, 5) is 7.01. The van der Waals surface area contributed by atoms with Gasteiger partial charge in [-0.1, -0.05) is 12.8 Å². The monoisotopic (exact) mass is 282 g/mol. The number of aryl methyl sites for hydroxylation is 1. The van der Waals surface area contributed by atoms with Crippen molar-refractivity contribution in [1.82, 2.24) is 4.98 Å². The van der Waals surface area contributed by atoms with E-state index in [9.17, 15) is 0 Å². The van der Waals surface area contributed by atoms with Crippen molar-refractivity contribution in [2.75, 3.05) is 11.4 Å². The van der Waals surface area contributed by atoms with Crippen molar-refractivity contribution in [2.45, 2.75) is 45.6 Å². The van der Waals surface area contributed by atoms with E-state index in [4.69, 9.17) is 0 Å². The first-order chi connectivity index (χ1) is 7.72. The van der Waals surface area contributed by atoms with Crippen LogP contribution in [0.25, 0.3) is 0 Å². The lowest BCUT2D eigenvalue weighted by atomic mass is 10.2. The summed E-state index contributed by atoms with van der Waals surface area (Å²) < 4.78 is 1.13. The van der Waals surface area contributed by atoms with Gasteiger partial charge in [-0.3, -0.25) is 0 Å². The summed E-state index contributed by atoms with van der Waals surface area (Å²) in [6.45, 7) is 5.33. The number of aromatic nitrogens is 1. The van der Waals surface area contributed by atoms with Gasteiger partial charge in [0, 0.05) is 18.8 Å². The minimum atomic E-state index is 0.691. The van der Waals surface area contributed by atoms with Gasteiger partial charge in [0.2, 0.25) is 0 Å². The maximum absolute atomic E-state index is 4.57. The minimum absolute atomic E-state index is 0.691. The van der Waals surface area contributed by atoms with Crippen LogP contribution in [0.2, 0.25) is 0 Å². The topological polar surface area (TPSA) is 16.1 Å². The van der Waals surface area contributed by atoms with E-state index in [0.717, 1.165) is 16.8 Å². The first kappa shape index (κ1) is 11.9. The van der Waals surface area contributed by atoms with E-state index in [1.54, 1.807) is 0 Å². The van der Waals surface area contributed by atoms with Crippen LogP contribution in [0.5, 0.6) is 0 Å². The van der Waals surface area contributed by atoms with Crippen LogP contribution in [-0.4, -0.2) is 17.6 Å². The van der Waals surface area contributed by atoms with E-state index in [1.807, 2.05) is 6.20 Å². The molecule has 1 fully saturated rings. The van der Waals surface area contributed by atoms with Crippen molar-refractivity contribution in [1.29, 1.82) is 0 Å². The summed E-state index contributed by atoms with van der Waals surface area (Å²) in [6.07, 6.45) is 7.32. The zero-order chi connectivity index (χ0) is 11.5. The normalized spacial score (nSPS) is 16.7. The van der Waals surface area contributed by atoms with Gasteiger partial charge in [-0.05, 0) is 54.2 Å². The van der Waals surface area contributed by atoms with Gasteiger partial charge in [0.1, 0.15) is 5.82 Å². The molecule has 1 aliphatic carbocycles. The van der Waals surface area contributed by atoms with Crippen LogP contribution in [0, 0.1) is 6.92 Å². The molecule has 0 saturated heterocycles. The van der Waals surface area contributed by atoms with Gasteiger partial charge in [0.25, 0.3) is 0 Å². The lowest BCUT2D eigenvalue weighted by Gasteiger charge is -2.29. The fourth-order valence-electron chi connectivity index (χ4n) is 2.53. The molecule has 88 valence electrons. The first-order valence-corrected chi connectivity index (χ1v) is 6.90. The second-order valence-corrected chi connectivity index (χ2v) is 5.40. The van der Waals surface area contributed by atoms with Crippen molar-refractivity contribution in [3.8, 4) is 0 Å². The summed E-state index contributed by atoms with van der Waals surface area (Å²) >= 11 is 3.63. The van der Waals surface area contributed by atoms with Crippen molar-refractivity contribution in [2.24, 2.45) is 0 Å². The second kappa shape index (κ2) is 5.17. The first-order valence-electron chi connectivity index (χ1n) is 6.11. The second-order valence-electron chi connectivity index (χ2n) is 4.54. The Morgan fingerprint density at radius 2 is 2.12 bits per heavy atom. The van der Waals surface area contributed by atoms with Crippen LogP contribution < -0.4 is 4.90 Å². The third-order valence-corrected chi connectivity index (χ3v) is 3.92. The number of hydrogen-bond donors (Lipinski definition) is 0. The molecule has 2 rings (SSSR count). The molecular weight excluding hydrogens is 264 g/mol. The van der Waals surface area contributed by atoms with Crippen LogP contribution >= 0.6 is 15.9 Å². The van der Waals surface area contributed by atoms with Gasteiger partial charge in [0.15, 0.2) is 0 Å². The summed E-state index contributed by atoms with van der Waals surface area (Å²) in [7, 11) is 0. The third-order valence-electron chi connectivity index (χ3n) is 3.34. The Hall–Kier alpha value is -0.570. The highest BCUT2D eigenvalue weighted by Gasteiger charge is 2.23. The molecule has 0 bridgehead atoms. The molecule has 0 spiro atoms. The van der Waals surface area contributed by atoms with E-state index < -0.39 is 0 Å². The number of halogens is 1. The van der Waals surface area contributed by atoms with Gasteiger partial charge >= 0.3 is 0 Å². The highest BCUT2D eigenvalue weighted by molar-refractivity contribution is 9.10. The Kier molecular flexibility index (Phi) is 3.85. The summed E-state index contributed by atoms with van der Waals surface area (Å²) in [6, 6.07) is 2.84. The Bertz CT molecular complexity index is 359. The molecule has 1 aromatic rings. The predicted octanol–water partition coefficient (Wildman–Crippen LogP) is 3.92. The minimum Gasteiger partial charge on any atom is -0.353 e. The Morgan fingerprint density at radius 3 is 2.69 bits per heavy atom. The SMILES string of the molecule is CCN(c1ncc(C)cc1Br)C1CCCC1. The van der Waals surface area contributed by atoms with Gasteiger partial charge in [-0.2, -0.15) is 0 Å². The molecule has 0 aliphatic heterocycles. The molecule has 1 aromatic heterocycles. The average Bonchev–Trinajstić information content (AvgIpc) is 2.75. The Morgan fingerprint density at radius 1 is 1.44 bits per heavy atom. The quantitative estimate of drug-likeness (QED) is 0.835. The highest BCUT2D eigenvalue weighted by Crippen LogP contribution is 2.31. The van der Waals surface area contributed by atoms with E-state index in [0.29, 0.717) is 6.04 Å². The fraction of sp³-hybridized carbons (Fsp3) is 0.615. The van der Waals surface area contributed by atoms with Crippen LogP contribution in [0.1, 0.15) is 38.2 Å². The number of nitrogens with zero attached hydrogens (tertiary/aromatic N) is 2. The lowest BCUT2D eigenvalue weighted by Crippen LogP contribution is -2.33. The molecule has 3 heteroatoms. The highest BCUT2D eigenvalue weighted by atomic mass is 79.9. The molecule has 0 aromatic carbocycles. The summed E-state index contributed by atoms with van der Waals surface area (Å²) in [5.41, 5.74) is 1.21. The molecule has 16 heavy (non-hydrogen) atoms. The van der Waals surface area contributed by atoms with E-state index in [-0.39, 0.29) is 0 Å². The summed E-state index contributed by atoms with van der Waals surface area (Å²) in [5.74, 6) is 1.11. The zero-order valence-corrected chi connectivity index (χ0v) is 11.6. The molecule has 2 nitrogen and oxygen atoms in total. The van der Waals surface area contributed by atoms with Crippen molar-refractivity contribution < 1.29 is 0 Å². The largest absolute Gasteiger partial charge is 0.353 e. The van der Waals surface area contributed by atoms with Crippen molar-refractivity contribution in [3.05, 3.63) is 22.3 Å². The maximum atomic E-state index is 4.57. The Labute approximate surface area is 106 Å². The summed E-state index contributed by atoms with van der Waals surface area (Å²) in [5, 5.41) is 0. The van der Waals surface area contributed by atoms with Crippen LogP contribution in [0.15, 0.2) is 16.7 Å². The number of anilines is 1. The fourth-order valence-corrected chi connectivity index (χ4v) is 3.23. The number of pyridine rings is 1. The van der Waals surface area contributed by atoms with E-state index >= 15 is 0 Å². The number of rotatable bonds is 3. The van der Waals surface area contributed by atoms with Crippen LogP contribution in [0.4, 0.5) is 5.82 Å². The smallest absolute Gasteiger partial charge is 0.143 e. The predicted molar refractivity (Wildman–Crippen MR) is 72.0 cm³/mol. The molecule has 0 atom stereocenters. The van der Waals surface area contributed by atoms with Gasteiger partial charge in [-0.25, -0.2) is 4.98 Å². The number of hydrogen-bond acceptors (Lipinski definition) is 2.